The Hall–Kier alpha value is -2.02. The summed E-state index contributed by atoms with van der Waals surface area (Å²) in [5.41, 5.74) is 6.73. The van der Waals surface area contributed by atoms with Crippen LogP contribution in [0.15, 0.2) is 42.5 Å². The molecule has 0 spiro atoms. The van der Waals surface area contributed by atoms with Crippen LogP contribution in [0, 0.1) is 0 Å². The van der Waals surface area contributed by atoms with E-state index in [1.54, 1.807) is 0 Å². The van der Waals surface area contributed by atoms with E-state index in [1.165, 1.54) is 27.8 Å². The van der Waals surface area contributed by atoms with Gasteiger partial charge in [-0.3, -0.25) is 0 Å². The van der Waals surface area contributed by atoms with Gasteiger partial charge in [-0.25, -0.2) is 0 Å². The van der Waals surface area contributed by atoms with Crippen molar-refractivity contribution in [3.05, 3.63) is 59.2 Å². The van der Waals surface area contributed by atoms with Gasteiger partial charge in [-0.05, 0) is 61.1 Å². The number of hydrogen-bond acceptors (Lipinski definition) is 1. The third-order valence-corrected chi connectivity index (χ3v) is 4.29. The largest absolute Gasteiger partial charge is 0.483 e. The minimum atomic E-state index is -0.201. The lowest BCUT2D eigenvalue weighted by Gasteiger charge is -2.31. The first-order valence-corrected chi connectivity index (χ1v) is 7.26. The van der Waals surface area contributed by atoms with Crippen molar-refractivity contribution in [2.75, 3.05) is 0 Å². The molecule has 100 valence electrons. The highest BCUT2D eigenvalue weighted by atomic mass is 16.5. The van der Waals surface area contributed by atoms with Crippen molar-refractivity contribution < 1.29 is 4.74 Å². The summed E-state index contributed by atoms with van der Waals surface area (Å²) >= 11 is 0. The smallest absolute Gasteiger partial charge is 0.128 e. The Labute approximate surface area is 119 Å². The molecule has 0 N–H and O–H groups in total. The Bertz CT molecular complexity index is 723. The molecule has 0 radical (unpaired) electrons. The Balaban J connectivity index is 1.93. The maximum Gasteiger partial charge on any atom is 0.128 e. The zero-order valence-corrected chi connectivity index (χ0v) is 11.9. The number of rotatable bonds is 0. The molecule has 2 aromatic rings. The standard InChI is InChI=1S/C19H18O/c1-19(2)12-11-17-16-8-7-13-5-3-4-6-14(13)15(16)9-10-18(17)20-19/h3-6,9-12H,7-8H2,1-2H3. The van der Waals surface area contributed by atoms with Crippen molar-refractivity contribution in [1.82, 2.24) is 0 Å². The van der Waals surface area contributed by atoms with E-state index in [0.717, 1.165) is 18.6 Å². The third kappa shape index (κ3) is 1.70. The molecule has 0 bridgehead atoms. The lowest BCUT2D eigenvalue weighted by Crippen LogP contribution is -2.28. The number of hydrogen-bond donors (Lipinski definition) is 0. The van der Waals surface area contributed by atoms with Gasteiger partial charge in [-0.1, -0.05) is 36.4 Å². The molecule has 0 fully saturated rings. The molecule has 20 heavy (non-hydrogen) atoms. The number of ether oxygens (including phenoxy) is 1. The SMILES string of the molecule is CC1(C)C=Cc2c(ccc3c2CCc2ccccc2-3)O1. The number of aryl methyl sites for hydroxylation is 1. The first-order valence-electron chi connectivity index (χ1n) is 7.26. The molecule has 0 saturated heterocycles. The minimum Gasteiger partial charge on any atom is -0.483 e. The molecule has 2 aromatic carbocycles. The summed E-state index contributed by atoms with van der Waals surface area (Å²) in [5.74, 6) is 1.02. The molecule has 1 aliphatic heterocycles. The molecule has 4 rings (SSSR count). The van der Waals surface area contributed by atoms with E-state index >= 15 is 0 Å². The first kappa shape index (κ1) is 11.8. The fraction of sp³-hybridized carbons (Fsp3) is 0.263. The average molecular weight is 262 g/mol. The van der Waals surface area contributed by atoms with Crippen LogP contribution in [0.3, 0.4) is 0 Å². The molecule has 0 unspecified atom stereocenters. The summed E-state index contributed by atoms with van der Waals surface area (Å²) < 4.78 is 6.09. The summed E-state index contributed by atoms with van der Waals surface area (Å²) in [6, 6.07) is 13.1. The predicted molar refractivity (Wildman–Crippen MR) is 83.0 cm³/mol. The monoisotopic (exact) mass is 262 g/mol. The molecular formula is C19H18O. The average Bonchev–Trinajstić information content (AvgIpc) is 2.45. The molecule has 0 aromatic heterocycles. The molecule has 2 aliphatic rings. The van der Waals surface area contributed by atoms with E-state index in [0.29, 0.717) is 0 Å². The molecule has 1 nitrogen and oxygen atoms in total. The van der Waals surface area contributed by atoms with Crippen LogP contribution in [-0.4, -0.2) is 5.60 Å². The molecule has 0 amide bonds. The lowest BCUT2D eigenvalue weighted by atomic mass is 9.82. The second-order valence-electron chi connectivity index (χ2n) is 6.20. The Morgan fingerprint density at radius 3 is 2.70 bits per heavy atom. The quantitative estimate of drug-likeness (QED) is 0.672. The van der Waals surface area contributed by atoms with Gasteiger partial charge < -0.3 is 4.74 Å². The van der Waals surface area contributed by atoms with E-state index < -0.39 is 0 Å². The van der Waals surface area contributed by atoms with Gasteiger partial charge >= 0.3 is 0 Å². The van der Waals surface area contributed by atoms with Crippen molar-refractivity contribution >= 4 is 6.08 Å². The first-order chi connectivity index (χ1) is 9.64. The van der Waals surface area contributed by atoms with Gasteiger partial charge in [0.1, 0.15) is 11.4 Å². The van der Waals surface area contributed by atoms with Gasteiger partial charge in [0, 0.05) is 5.56 Å². The lowest BCUT2D eigenvalue weighted by molar-refractivity contribution is 0.159. The zero-order chi connectivity index (χ0) is 13.7. The second-order valence-corrected chi connectivity index (χ2v) is 6.20. The fourth-order valence-corrected chi connectivity index (χ4v) is 3.30. The van der Waals surface area contributed by atoms with E-state index in [-0.39, 0.29) is 5.60 Å². The molecule has 0 saturated carbocycles. The molecular weight excluding hydrogens is 244 g/mol. The fourth-order valence-electron chi connectivity index (χ4n) is 3.30. The van der Waals surface area contributed by atoms with Crippen molar-refractivity contribution in [3.8, 4) is 16.9 Å². The Morgan fingerprint density at radius 2 is 1.80 bits per heavy atom. The zero-order valence-electron chi connectivity index (χ0n) is 11.9. The van der Waals surface area contributed by atoms with Crippen LogP contribution < -0.4 is 4.74 Å². The van der Waals surface area contributed by atoms with Crippen molar-refractivity contribution in [1.29, 1.82) is 0 Å². The highest BCUT2D eigenvalue weighted by Gasteiger charge is 2.26. The molecule has 0 atom stereocenters. The van der Waals surface area contributed by atoms with E-state index in [9.17, 15) is 0 Å². The molecule has 1 heteroatoms. The van der Waals surface area contributed by atoms with Crippen LogP contribution in [0.2, 0.25) is 0 Å². The summed E-state index contributed by atoms with van der Waals surface area (Å²) in [4.78, 5) is 0. The Kier molecular flexibility index (Phi) is 2.35. The molecule has 1 heterocycles. The number of benzene rings is 2. The third-order valence-electron chi connectivity index (χ3n) is 4.29. The predicted octanol–water partition coefficient (Wildman–Crippen LogP) is 4.64. The van der Waals surface area contributed by atoms with E-state index in [1.807, 2.05) is 0 Å². The van der Waals surface area contributed by atoms with Crippen LogP contribution in [0.25, 0.3) is 17.2 Å². The van der Waals surface area contributed by atoms with Gasteiger partial charge in [0.15, 0.2) is 0 Å². The van der Waals surface area contributed by atoms with Gasteiger partial charge in [-0.15, -0.1) is 0 Å². The van der Waals surface area contributed by atoms with Gasteiger partial charge in [0.25, 0.3) is 0 Å². The minimum absolute atomic E-state index is 0.201. The maximum absolute atomic E-state index is 6.09. The van der Waals surface area contributed by atoms with Crippen LogP contribution >= 0.6 is 0 Å². The van der Waals surface area contributed by atoms with Crippen LogP contribution in [0.4, 0.5) is 0 Å². The highest BCUT2D eigenvalue weighted by Crippen LogP contribution is 2.41. The highest BCUT2D eigenvalue weighted by molar-refractivity contribution is 5.80. The Morgan fingerprint density at radius 1 is 0.950 bits per heavy atom. The second kappa shape index (κ2) is 3.99. The van der Waals surface area contributed by atoms with Gasteiger partial charge in [0.05, 0.1) is 0 Å². The van der Waals surface area contributed by atoms with Crippen LogP contribution in [0.5, 0.6) is 5.75 Å². The number of fused-ring (bicyclic) bond motifs is 5. The van der Waals surface area contributed by atoms with Crippen molar-refractivity contribution in [2.45, 2.75) is 32.3 Å². The van der Waals surface area contributed by atoms with Crippen molar-refractivity contribution in [2.24, 2.45) is 0 Å². The van der Waals surface area contributed by atoms with E-state index in [2.05, 4.69) is 62.4 Å². The maximum atomic E-state index is 6.09. The van der Waals surface area contributed by atoms with Crippen molar-refractivity contribution in [3.63, 3.8) is 0 Å². The normalized spacial score (nSPS) is 17.7. The summed E-state index contributed by atoms with van der Waals surface area (Å²) in [5, 5.41) is 0. The topological polar surface area (TPSA) is 9.23 Å². The summed E-state index contributed by atoms with van der Waals surface area (Å²) in [7, 11) is 0. The summed E-state index contributed by atoms with van der Waals surface area (Å²) in [6.07, 6.45) is 6.63. The summed E-state index contributed by atoms with van der Waals surface area (Å²) in [6.45, 7) is 4.20. The van der Waals surface area contributed by atoms with Crippen LogP contribution in [-0.2, 0) is 12.8 Å². The van der Waals surface area contributed by atoms with E-state index in [4.69, 9.17) is 4.74 Å². The van der Waals surface area contributed by atoms with Gasteiger partial charge in [-0.2, -0.15) is 0 Å². The molecule has 1 aliphatic carbocycles. The van der Waals surface area contributed by atoms with Gasteiger partial charge in [0.2, 0.25) is 0 Å². The van der Waals surface area contributed by atoms with Crippen LogP contribution in [0.1, 0.15) is 30.5 Å².